The fourth-order valence-corrected chi connectivity index (χ4v) is 1.47. The summed E-state index contributed by atoms with van der Waals surface area (Å²) in [5.41, 5.74) is 6.37. The number of rotatable bonds is 6. The van der Waals surface area contributed by atoms with Gasteiger partial charge < -0.3 is 15.8 Å². The molecule has 0 aliphatic heterocycles. The maximum absolute atomic E-state index is 11.8. The van der Waals surface area contributed by atoms with Crippen LogP contribution in [-0.4, -0.2) is 25.1 Å². The quantitative estimate of drug-likeness (QED) is 0.828. The van der Waals surface area contributed by atoms with E-state index in [1.54, 1.807) is 0 Å². The Kier molecular flexibility index (Phi) is 8.16. The van der Waals surface area contributed by atoms with Gasteiger partial charge in [-0.05, 0) is 25.0 Å². The standard InChI is InChI=1S/C13H20N2O2.ClH/c1-3-11(13(16)15-9-8-14)17-12-7-5-4-6-10(12)2;/h4-7,11H,3,8-9,14H2,1-2H3,(H,15,16);1H. The van der Waals surface area contributed by atoms with E-state index in [2.05, 4.69) is 5.32 Å². The maximum atomic E-state index is 11.8. The Morgan fingerprint density at radius 3 is 2.67 bits per heavy atom. The number of carbonyl (C=O) groups is 1. The molecule has 102 valence electrons. The highest BCUT2D eigenvalue weighted by atomic mass is 35.5. The first-order valence-corrected chi connectivity index (χ1v) is 5.89. The number of hydrogen-bond donors (Lipinski definition) is 2. The van der Waals surface area contributed by atoms with Crippen LogP contribution in [0.4, 0.5) is 0 Å². The van der Waals surface area contributed by atoms with E-state index in [4.69, 9.17) is 10.5 Å². The Labute approximate surface area is 114 Å². The summed E-state index contributed by atoms with van der Waals surface area (Å²) in [6.07, 6.45) is 0.174. The van der Waals surface area contributed by atoms with Crippen molar-refractivity contribution in [2.24, 2.45) is 5.73 Å². The molecule has 1 rings (SSSR count). The van der Waals surface area contributed by atoms with Crippen molar-refractivity contribution >= 4 is 18.3 Å². The van der Waals surface area contributed by atoms with E-state index in [1.807, 2.05) is 38.1 Å². The summed E-state index contributed by atoms with van der Waals surface area (Å²) in [5.74, 6) is 0.642. The van der Waals surface area contributed by atoms with Crippen molar-refractivity contribution in [1.82, 2.24) is 5.32 Å². The summed E-state index contributed by atoms with van der Waals surface area (Å²) in [5, 5.41) is 2.73. The van der Waals surface area contributed by atoms with Gasteiger partial charge in [0.15, 0.2) is 6.10 Å². The van der Waals surface area contributed by atoms with Crippen molar-refractivity contribution in [3.63, 3.8) is 0 Å². The van der Waals surface area contributed by atoms with Crippen LogP contribution in [0.3, 0.4) is 0 Å². The third kappa shape index (κ3) is 4.94. The molecule has 1 aromatic carbocycles. The van der Waals surface area contributed by atoms with Crippen LogP contribution in [0, 0.1) is 6.92 Å². The number of nitrogens with two attached hydrogens (primary N) is 1. The van der Waals surface area contributed by atoms with Gasteiger partial charge in [0.05, 0.1) is 0 Å². The summed E-state index contributed by atoms with van der Waals surface area (Å²) < 4.78 is 5.70. The second-order valence-corrected chi connectivity index (χ2v) is 3.86. The molecule has 0 heterocycles. The lowest BCUT2D eigenvalue weighted by Gasteiger charge is -2.18. The SMILES string of the molecule is CCC(Oc1ccccc1C)C(=O)NCCN.Cl. The maximum Gasteiger partial charge on any atom is 0.261 e. The molecule has 0 aromatic heterocycles. The van der Waals surface area contributed by atoms with Gasteiger partial charge in [-0.3, -0.25) is 4.79 Å². The Morgan fingerprint density at radius 1 is 1.44 bits per heavy atom. The first kappa shape index (κ1) is 16.7. The number of aryl methyl sites for hydroxylation is 1. The van der Waals surface area contributed by atoms with Crippen molar-refractivity contribution in [1.29, 1.82) is 0 Å². The van der Waals surface area contributed by atoms with E-state index in [0.29, 0.717) is 19.5 Å². The molecule has 1 atom stereocenters. The molecule has 1 aromatic rings. The number of halogens is 1. The van der Waals surface area contributed by atoms with E-state index < -0.39 is 6.10 Å². The molecule has 0 saturated carbocycles. The Hall–Kier alpha value is -1.26. The van der Waals surface area contributed by atoms with Crippen molar-refractivity contribution in [2.45, 2.75) is 26.4 Å². The molecule has 0 bridgehead atoms. The first-order chi connectivity index (χ1) is 8.19. The zero-order valence-corrected chi connectivity index (χ0v) is 11.6. The Bertz CT molecular complexity index is 372. The van der Waals surface area contributed by atoms with Crippen LogP contribution < -0.4 is 15.8 Å². The van der Waals surface area contributed by atoms with Crippen LogP contribution in [0.1, 0.15) is 18.9 Å². The highest BCUT2D eigenvalue weighted by Gasteiger charge is 2.18. The third-order valence-corrected chi connectivity index (χ3v) is 2.47. The predicted octanol–water partition coefficient (Wildman–Crippen LogP) is 1.65. The van der Waals surface area contributed by atoms with E-state index in [1.165, 1.54) is 0 Å². The fourth-order valence-electron chi connectivity index (χ4n) is 1.47. The second-order valence-electron chi connectivity index (χ2n) is 3.86. The average Bonchev–Trinajstić information content (AvgIpc) is 2.35. The molecule has 0 radical (unpaired) electrons. The van der Waals surface area contributed by atoms with Crippen LogP contribution in [0.2, 0.25) is 0 Å². The fraction of sp³-hybridized carbons (Fsp3) is 0.462. The molecule has 1 amide bonds. The van der Waals surface area contributed by atoms with Crippen molar-refractivity contribution in [3.8, 4) is 5.75 Å². The van der Waals surface area contributed by atoms with Crippen LogP contribution in [-0.2, 0) is 4.79 Å². The highest BCUT2D eigenvalue weighted by Crippen LogP contribution is 2.18. The zero-order chi connectivity index (χ0) is 12.7. The summed E-state index contributed by atoms with van der Waals surface area (Å²) >= 11 is 0. The number of ether oxygens (including phenoxy) is 1. The molecule has 18 heavy (non-hydrogen) atoms. The monoisotopic (exact) mass is 272 g/mol. The molecule has 0 fully saturated rings. The highest BCUT2D eigenvalue weighted by molar-refractivity contribution is 5.85. The lowest BCUT2D eigenvalue weighted by atomic mass is 10.2. The summed E-state index contributed by atoms with van der Waals surface area (Å²) in [6.45, 7) is 4.80. The minimum absolute atomic E-state index is 0. The van der Waals surface area contributed by atoms with E-state index >= 15 is 0 Å². The Morgan fingerprint density at radius 2 is 2.11 bits per heavy atom. The largest absolute Gasteiger partial charge is 0.480 e. The average molecular weight is 273 g/mol. The number of para-hydroxylation sites is 1. The van der Waals surface area contributed by atoms with Gasteiger partial charge in [0.1, 0.15) is 5.75 Å². The Balaban J connectivity index is 0.00000289. The third-order valence-electron chi connectivity index (χ3n) is 2.47. The van der Waals surface area contributed by atoms with Crippen molar-refractivity contribution < 1.29 is 9.53 Å². The van der Waals surface area contributed by atoms with Gasteiger partial charge in [0, 0.05) is 13.1 Å². The summed E-state index contributed by atoms with van der Waals surface area (Å²) in [6, 6.07) is 7.67. The minimum Gasteiger partial charge on any atom is -0.480 e. The van der Waals surface area contributed by atoms with E-state index in [0.717, 1.165) is 11.3 Å². The molecular weight excluding hydrogens is 252 g/mol. The van der Waals surface area contributed by atoms with E-state index in [-0.39, 0.29) is 18.3 Å². The smallest absolute Gasteiger partial charge is 0.261 e. The number of hydrogen-bond acceptors (Lipinski definition) is 3. The number of nitrogens with one attached hydrogen (secondary N) is 1. The van der Waals surface area contributed by atoms with Crippen LogP contribution in [0.5, 0.6) is 5.75 Å². The molecule has 1 unspecified atom stereocenters. The van der Waals surface area contributed by atoms with Gasteiger partial charge in [0.25, 0.3) is 5.91 Å². The zero-order valence-electron chi connectivity index (χ0n) is 10.8. The topological polar surface area (TPSA) is 64.3 Å². The molecule has 5 heteroatoms. The number of amides is 1. The normalized spacial score (nSPS) is 11.3. The van der Waals surface area contributed by atoms with Gasteiger partial charge in [-0.25, -0.2) is 0 Å². The molecular formula is C13H21ClN2O2. The summed E-state index contributed by atoms with van der Waals surface area (Å²) in [7, 11) is 0. The minimum atomic E-state index is -0.456. The van der Waals surface area contributed by atoms with Gasteiger partial charge >= 0.3 is 0 Å². The van der Waals surface area contributed by atoms with E-state index in [9.17, 15) is 4.79 Å². The number of carbonyl (C=O) groups excluding carboxylic acids is 1. The van der Waals surface area contributed by atoms with Crippen LogP contribution in [0.15, 0.2) is 24.3 Å². The molecule has 0 saturated heterocycles. The van der Waals surface area contributed by atoms with Gasteiger partial charge in [0.2, 0.25) is 0 Å². The van der Waals surface area contributed by atoms with Crippen molar-refractivity contribution in [3.05, 3.63) is 29.8 Å². The van der Waals surface area contributed by atoms with Gasteiger partial charge in [-0.1, -0.05) is 25.1 Å². The molecule has 0 aliphatic rings. The second kappa shape index (κ2) is 8.78. The lowest BCUT2D eigenvalue weighted by Crippen LogP contribution is -2.40. The predicted molar refractivity (Wildman–Crippen MR) is 75.2 cm³/mol. The molecule has 0 spiro atoms. The van der Waals surface area contributed by atoms with Crippen molar-refractivity contribution in [2.75, 3.05) is 13.1 Å². The molecule has 0 aliphatic carbocycles. The summed E-state index contributed by atoms with van der Waals surface area (Å²) in [4.78, 5) is 11.8. The van der Waals surface area contributed by atoms with Crippen LogP contribution in [0.25, 0.3) is 0 Å². The lowest BCUT2D eigenvalue weighted by molar-refractivity contribution is -0.128. The molecule has 4 nitrogen and oxygen atoms in total. The van der Waals surface area contributed by atoms with Gasteiger partial charge in [-0.2, -0.15) is 0 Å². The van der Waals surface area contributed by atoms with Gasteiger partial charge in [-0.15, -0.1) is 12.4 Å². The van der Waals surface area contributed by atoms with Crippen LogP contribution >= 0.6 is 12.4 Å². The number of benzene rings is 1. The first-order valence-electron chi connectivity index (χ1n) is 5.89. The molecule has 3 N–H and O–H groups in total.